The van der Waals surface area contributed by atoms with Gasteiger partial charge in [0, 0.05) is 17.7 Å². The first-order valence-electron chi connectivity index (χ1n) is 6.95. The molecule has 0 heterocycles. The molecule has 0 radical (unpaired) electrons. The fourth-order valence-corrected chi connectivity index (χ4v) is 3.03. The smallest absolute Gasteiger partial charge is 0.221 e. The summed E-state index contributed by atoms with van der Waals surface area (Å²) in [4.78, 5) is 12.0. The fraction of sp³-hybridized carbons (Fsp3) is 0.562. The average Bonchev–Trinajstić information content (AvgIpc) is 2.34. The van der Waals surface area contributed by atoms with Crippen LogP contribution in [0, 0.1) is 5.92 Å². The molecule has 2 nitrogen and oxygen atoms in total. The van der Waals surface area contributed by atoms with Crippen molar-refractivity contribution in [3.8, 4) is 0 Å². The van der Waals surface area contributed by atoms with Crippen LogP contribution in [0.15, 0.2) is 30.3 Å². The van der Waals surface area contributed by atoms with E-state index in [0.717, 1.165) is 5.75 Å². The lowest BCUT2D eigenvalue weighted by molar-refractivity contribution is -0.121. The lowest BCUT2D eigenvalue weighted by atomic mass is 10.1. The number of rotatable bonds is 7. The van der Waals surface area contributed by atoms with Crippen LogP contribution in [0.3, 0.4) is 0 Å². The van der Waals surface area contributed by atoms with Crippen LogP contribution in [0.4, 0.5) is 0 Å². The van der Waals surface area contributed by atoms with Crippen LogP contribution in [0.2, 0.25) is 0 Å². The number of amides is 1. The van der Waals surface area contributed by atoms with Crippen LogP contribution in [0.1, 0.15) is 44.9 Å². The molecular weight excluding hydrogens is 254 g/mol. The number of carbonyl (C=O) groups is 1. The zero-order valence-corrected chi connectivity index (χ0v) is 13.2. The van der Waals surface area contributed by atoms with E-state index in [1.54, 1.807) is 0 Å². The first-order chi connectivity index (χ1) is 8.99. The summed E-state index contributed by atoms with van der Waals surface area (Å²) < 4.78 is 0. The van der Waals surface area contributed by atoms with Crippen molar-refractivity contribution in [3.05, 3.63) is 35.9 Å². The molecule has 0 aromatic heterocycles. The van der Waals surface area contributed by atoms with Gasteiger partial charge in [-0.3, -0.25) is 4.79 Å². The molecule has 1 atom stereocenters. The lowest BCUT2D eigenvalue weighted by Gasteiger charge is -2.19. The molecule has 0 aliphatic carbocycles. The Kier molecular flexibility index (Phi) is 7.00. The number of hydrogen-bond acceptors (Lipinski definition) is 2. The van der Waals surface area contributed by atoms with Crippen molar-refractivity contribution in [1.29, 1.82) is 0 Å². The van der Waals surface area contributed by atoms with Crippen LogP contribution >= 0.6 is 11.8 Å². The summed E-state index contributed by atoms with van der Waals surface area (Å²) in [5.74, 6) is 1.86. The van der Waals surface area contributed by atoms with E-state index in [9.17, 15) is 4.79 Å². The normalized spacial score (nSPS) is 12.7. The third kappa shape index (κ3) is 6.67. The third-order valence-corrected chi connectivity index (χ3v) is 4.32. The average molecular weight is 279 g/mol. The van der Waals surface area contributed by atoms with E-state index >= 15 is 0 Å². The molecule has 1 rings (SSSR count). The maximum atomic E-state index is 12.0. The number of carbonyl (C=O) groups excluding carboxylic acids is 1. The van der Waals surface area contributed by atoms with Crippen LogP contribution in [0.25, 0.3) is 0 Å². The molecule has 0 aliphatic rings. The molecular formula is C16H25NOS. The van der Waals surface area contributed by atoms with Crippen molar-refractivity contribution in [2.45, 2.75) is 45.4 Å². The molecule has 1 N–H and O–H groups in total. The van der Waals surface area contributed by atoms with Crippen LogP contribution in [-0.2, 0) is 4.79 Å². The van der Waals surface area contributed by atoms with Crippen molar-refractivity contribution in [2.24, 2.45) is 5.92 Å². The van der Waals surface area contributed by atoms with Crippen molar-refractivity contribution in [1.82, 2.24) is 5.32 Å². The van der Waals surface area contributed by atoms with Crippen molar-refractivity contribution in [2.75, 3.05) is 5.75 Å². The Bertz CT molecular complexity index is 376. The molecule has 1 amide bonds. The maximum absolute atomic E-state index is 12.0. The van der Waals surface area contributed by atoms with Crippen LogP contribution < -0.4 is 5.32 Å². The van der Waals surface area contributed by atoms with Gasteiger partial charge in [0.05, 0.1) is 0 Å². The molecule has 19 heavy (non-hydrogen) atoms. The fourth-order valence-electron chi connectivity index (χ4n) is 1.80. The van der Waals surface area contributed by atoms with Gasteiger partial charge in [-0.15, -0.1) is 0 Å². The lowest BCUT2D eigenvalue weighted by Crippen LogP contribution is -2.30. The Morgan fingerprint density at radius 3 is 2.32 bits per heavy atom. The second-order valence-corrected chi connectivity index (χ2v) is 6.79. The van der Waals surface area contributed by atoms with E-state index in [4.69, 9.17) is 0 Å². The number of benzene rings is 1. The molecule has 3 heteroatoms. The Morgan fingerprint density at radius 2 is 1.79 bits per heavy atom. The molecule has 0 bridgehead atoms. The van der Waals surface area contributed by atoms with Crippen molar-refractivity contribution < 1.29 is 4.79 Å². The Hall–Kier alpha value is -0.960. The summed E-state index contributed by atoms with van der Waals surface area (Å²) >= 11 is 1.88. The molecule has 0 saturated heterocycles. The minimum Gasteiger partial charge on any atom is -0.354 e. The molecule has 1 aromatic rings. The van der Waals surface area contributed by atoms with E-state index in [2.05, 4.69) is 31.3 Å². The third-order valence-electron chi connectivity index (χ3n) is 2.62. The standard InChI is InChI=1S/C16H25NOS/c1-12(2)11-19-15(10-16(18)17-13(3)4)14-8-6-5-7-9-14/h5-9,12-13,15H,10-11H2,1-4H3,(H,17,18). The minimum atomic E-state index is 0.139. The minimum absolute atomic E-state index is 0.139. The highest BCUT2D eigenvalue weighted by Gasteiger charge is 2.17. The van der Waals surface area contributed by atoms with Gasteiger partial charge in [0.15, 0.2) is 0 Å². The molecule has 0 saturated carbocycles. The highest BCUT2D eigenvalue weighted by molar-refractivity contribution is 7.99. The number of thioether (sulfide) groups is 1. The van der Waals surface area contributed by atoms with Gasteiger partial charge in [-0.25, -0.2) is 0 Å². The van der Waals surface area contributed by atoms with Gasteiger partial charge in [-0.1, -0.05) is 44.2 Å². The molecule has 0 aliphatic heterocycles. The first-order valence-corrected chi connectivity index (χ1v) is 7.99. The summed E-state index contributed by atoms with van der Waals surface area (Å²) in [5, 5.41) is 3.23. The second kappa shape index (κ2) is 8.26. The molecule has 1 aromatic carbocycles. The zero-order valence-electron chi connectivity index (χ0n) is 12.3. The van der Waals surface area contributed by atoms with E-state index in [1.807, 2.05) is 43.8 Å². The molecule has 1 unspecified atom stereocenters. The van der Waals surface area contributed by atoms with Gasteiger partial charge in [-0.2, -0.15) is 11.8 Å². The topological polar surface area (TPSA) is 29.1 Å². The highest BCUT2D eigenvalue weighted by Crippen LogP contribution is 2.33. The van der Waals surface area contributed by atoms with Crippen molar-refractivity contribution >= 4 is 17.7 Å². The Balaban J connectivity index is 2.67. The van der Waals surface area contributed by atoms with Gasteiger partial charge in [0.2, 0.25) is 5.91 Å². The predicted molar refractivity (Wildman–Crippen MR) is 84.4 cm³/mol. The van der Waals surface area contributed by atoms with Crippen LogP contribution in [0.5, 0.6) is 0 Å². The number of nitrogens with one attached hydrogen (secondary N) is 1. The predicted octanol–water partition coefficient (Wildman–Crippen LogP) is 4.03. The van der Waals surface area contributed by atoms with E-state index in [-0.39, 0.29) is 17.2 Å². The second-order valence-electron chi connectivity index (χ2n) is 5.55. The first kappa shape index (κ1) is 16.1. The SMILES string of the molecule is CC(C)CSC(CC(=O)NC(C)C)c1ccccc1. The summed E-state index contributed by atoms with van der Waals surface area (Å²) in [6.07, 6.45) is 0.555. The summed E-state index contributed by atoms with van der Waals surface area (Å²) in [6.45, 7) is 8.42. The van der Waals surface area contributed by atoms with Gasteiger partial charge < -0.3 is 5.32 Å². The molecule has 0 fully saturated rings. The summed E-state index contributed by atoms with van der Waals surface area (Å²) in [5.41, 5.74) is 1.24. The molecule has 106 valence electrons. The van der Waals surface area contributed by atoms with Crippen molar-refractivity contribution in [3.63, 3.8) is 0 Å². The van der Waals surface area contributed by atoms with E-state index in [1.165, 1.54) is 5.56 Å². The largest absolute Gasteiger partial charge is 0.354 e. The zero-order chi connectivity index (χ0) is 14.3. The summed E-state index contributed by atoms with van der Waals surface area (Å²) in [6, 6.07) is 10.5. The van der Waals surface area contributed by atoms with E-state index in [0.29, 0.717) is 12.3 Å². The van der Waals surface area contributed by atoms with Gasteiger partial charge in [-0.05, 0) is 31.1 Å². The Morgan fingerprint density at radius 1 is 1.16 bits per heavy atom. The van der Waals surface area contributed by atoms with Crippen LogP contribution in [-0.4, -0.2) is 17.7 Å². The van der Waals surface area contributed by atoms with Gasteiger partial charge in [0.1, 0.15) is 0 Å². The highest BCUT2D eigenvalue weighted by atomic mass is 32.2. The number of hydrogen-bond donors (Lipinski definition) is 1. The van der Waals surface area contributed by atoms with Gasteiger partial charge >= 0.3 is 0 Å². The van der Waals surface area contributed by atoms with E-state index < -0.39 is 0 Å². The monoisotopic (exact) mass is 279 g/mol. The maximum Gasteiger partial charge on any atom is 0.221 e. The Labute approximate surface area is 121 Å². The molecule has 0 spiro atoms. The quantitative estimate of drug-likeness (QED) is 0.816. The van der Waals surface area contributed by atoms with Gasteiger partial charge in [0.25, 0.3) is 0 Å². The summed E-state index contributed by atoms with van der Waals surface area (Å²) in [7, 11) is 0.